The van der Waals surface area contributed by atoms with Crippen molar-refractivity contribution >= 4 is 10.9 Å². The Labute approximate surface area is 155 Å². The third-order valence-corrected chi connectivity index (χ3v) is 4.31. The molecule has 0 atom stereocenters. The molecule has 0 saturated heterocycles. The van der Waals surface area contributed by atoms with Crippen molar-refractivity contribution in [2.75, 3.05) is 14.2 Å². The number of methoxy groups -OCH3 is 2. The highest BCUT2D eigenvalue weighted by Gasteiger charge is 2.36. The fraction of sp³-hybridized carbons (Fsp3) is 0.300. The largest absolute Gasteiger partial charge is 0.493 e. The monoisotopic (exact) mass is 376 g/mol. The topological polar surface area (TPSA) is 44.2 Å². The zero-order chi connectivity index (χ0) is 19.8. The molecule has 1 heterocycles. The second kappa shape index (κ2) is 7.06. The van der Waals surface area contributed by atoms with Crippen LogP contribution in [0.2, 0.25) is 0 Å². The van der Waals surface area contributed by atoms with Crippen LogP contribution in [0.1, 0.15) is 31.2 Å². The Morgan fingerprint density at radius 1 is 0.889 bits per heavy atom. The Bertz CT molecular complexity index is 968. The molecule has 0 radical (unpaired) electrons. The van der Waals surface area contributed by atoms with E-state index in [-0.39, 0.29) is 11.2 Å². The van der Waals surface area contributed by atoms with Crippen LogP contribution in [-0.4, -0.2) is 24.2 Å². The molecular formula is C20H19F3N2O2. The minimum Gasteiger partial charge on any atom is -0.493 e. The third kappa shape index (κ3) is 3.67. The average Bonchev–Trinajstić information content (AvgIpc) is 2.65. The molecule has 27 heavy (non-hydrogen) atoms. The van der Waals surface area contributed by atoms with Gasteiger partial charge in [0, 0.05) is 17.0 Å². The van der Waals surface area contributed by atoms with E-state index in [0.717, 1.165) is 5.56 Å². The van der Waals surface area contributed by atoms with E-state index in [1.807, 2.05) is 26.0 Å². The summed E-state index contributed by atoms with van der Waals surface area (Å²) in [6.07, 6.45) is -4.66. The van der Waals surface area contributed by atoms with Crippen LogP contribution in [0.5, 0.6) is 11.5 Å². The normalized spacial score (nSPS) is 11.9. The lowest BCUT2D eigenvalue weighted by Gasteiger charge is -2.14. The number of fused-ring (bicyclic) bond motifs is 1. The molecule has 0 amide bonds. The smallest absolute Gasteiger partial charge is 0.451 e. The first-order valence-corrected chi connectivity index (χ1v) is 8.36. The maximum absolute atomic E-state index is 13.3. The number of alkyl halides is 3. The van der Waals surface area contributed by atoms with Gasteiger partial charge in [0.05, 0.1) is 25.4 Å². The summed E-state index contributed by atoms with van der Waals surface area (Å²) < 4.78 is 50.5. The Kier molecular flexibility index (Phi) is 4.95. The number of hydrogen-bond donors (Lipinski definition) is 0. The number of rotatable bonds is 4. The van der Waals surface area contributed by atoms with E-state index >= 15 is 0 Å². The molecule has 0 aliphatic rings. The number of benzene rings is 2. The molecule has 142 valence electrons. The maximum atomic E-state index is 13.3. The number of hydrogen-bond acceptors (Lipinski definition) is 4. The number of halogens is 3. The van der Waals surface area contributed by atoms with Gasteiger partial charge in [-0.05, 0) is 17.5 Å². The second-order valence-electron chi connectivity index (χ2n) is 6.39. The van der Waals surface area contributed by atoms with Crippen LogP contribution in [-0.2, 0) is 6.18 Å². The van der Waals surface area contributed by atoms with Crippen molar-refractivity contribution in [1.82, 2.24) is 9.97 Å². The number of aromatic nitrogens is 2. The maximum Gasteiger partial charge on any atom is 0.451 e. The van der Waals surface area contributed by atoms with Crippen molar-refractivity contribution in [3.63, 3.8) is 0 Å². The van der Waals surface area contributed by atoms with Gasteiger partial charge in [0.1, 0.15) is 0 Å². The van der Waals surface area contributed by atoms with Crippen LogP contribution in [0.15, 0.2) is 36.4 Å². The van der Waals surface area contributed by atoms with Gasteiger partial charge in [-0.25, -0.2) is 9.97 Å². The predicted octanol–water partition coefficient (Wildman–Crippen LogP) is 5.46. The van der Waals surface area contributed by atoms with Gasteiger partial charge >= 0.3 is 6.18 Å². The summed E-state index contributed by atoms with van der Waals surface area (Å²) in [6, 6.07) is 10.4. The highest BCUT2D eigenvalue weighted by Crippen LogP contribution is 2.38. The van der Waals surface area contributed by atoms with Gasteiger partial charge in [0.25, 0.3) is 0 Å². The van der Waals surface area contributed by atoms with Crippen molar-refractivity contribution < 1.29 is 22.6 Å². The molecule has 0 aliphatic carbocycles. The first-order chi connectivity index (χ1) is 12.7. The van der Waals surface area contributed by atoms with Gasteiger partial charge in [-0.1, -0.05) is 38.1 Å². The summed E-state index contributed by atoms with van der Waals surface area (Å²) in [4.78, 5) is 7.51. The third-order valence-electron chi connectivity index (χ3n) is 4.31. The van der Waals surface area contributed by atoms with Gasteiger partial charge in [-0.2, -0.15) is 13.2 Å². The quantitative estimate of drug-likeness (QED) is 0.607. The zero-order valence-electron chi connectivity index (χ0n) is 15.4. The van der Waals surface area contributed by atoms with Gasteiger partial charge in [-0.3, -0.25) is 0 Å². The van der Waals surface area contributed by atoms with E-state index in [9.17, 15) is 13.2 Å². The van der Waals surface area contributed by atoms with Crippen molar-refractivity contribution in [2.24, 2.45) is 0 Å². The van der Waals surface area contributed by atoms with Crippen LogP contribution >= 0.6 is 0 Å². The minimum atomic E-state index is -4.66. The highest BCUT2D eigenvalue weighted by molar-refractivity contribution is 5.94. The molecule has 2 aromatic carbocycles. The van der Waals surface area contributed by atoms with Gasteiger partial charge in [-0.15, -0.1) is 0 Å². The van der Waals surface area contributed by atoms with Crippen molar-refractivity contribution in [2.45, 2.75) is 25.9 Å². The number of nitrogens with zero attached hydrogens (tertiary/aromatic N) is 2. The first-order valence-electron chi connectivity index (χ1n) is 8.36. The van der Waals surface area contributed by atoms with Gasteiger partial charge < -0.3 is 9.47 Å². The van der Waals surface area contributed by atoms with E-state index < -0.39 is 12.0 Å². The molecule has 4 nitrogen and oxygen atoms in total. The number of ether oxygens (including phenoxy) is 2. The zero-order valence-corrected chi connectivity index (χ0v) is 15.4. The standard InChI is InChI=1S/C20H19F3N2O2/c1-11(2)12-5-7-13(8-6-12)18-14-9-16(26-3)17(27-4)10-15(14)24-19(25-18)20(21,22)23/h5-11H,1-4H3. The SMILES string of the molecule is COc1cc2nc(C(F)(F)F)nc(-c3ccc(C(C)C)cc3)c2cc1OC. The first kappa shape index (κ1) is 18.9. The Balaban J connectivity index is 2.30. The molecule has 0 spiro atoms. The van der Waals surface area contributed by atoms with Crippen LogP contribution < -0.4 is 9.47 Å². The summed E-state index contributed by atoms with van der Waals surface area (Å²) in [7, 11) is 2.88. The molecular weight excluding hydrogens is 357 g/mol. The molecule has 1 aromatic heterocycles. The van der Waals surface area contributed by atoms with E-state index in [4.69, 9.17) is 9.47 Å². The molecule has 0 N–H and O–H groups in total. The fourth-order valence-corrected chi connectivity index (χ4v) is 2.83. The lowest BCUT2D eigenvalue weighted by molar-refractivity contribution is -0.144. The van der Waals surface area contributed by atoms with Crippen molar-refractivity contribution in [3.05, 3.63) is 47.8 Å². The summed E-state index contributed by atoms with van der Waals surface area (Å²) in [5.41, 5.74) is 2.00. The fourth-order valence-electron chi connectivity index (χ4n) is 2.83. The molecule has 0 saturated carbocycles. The van der Waals surface area contributed by atoms with Gasteiger partial charge in [0.2, 0.25) is 5.82 Å². The molecule has 0 bridgehead atoms. The van der Waals surface area contributed by atoms with Crippen molar-refractivity contribution in [1.29, 1.82) is 0 Å². The Hall–Kier alpha value is -2.83. The Morgan fingerprint density at radius 2 is 1.48 bits per heavy atom. The lowest BCUT2D eigenvalue weighted by Crippen LogP contribution is -2.12. The lowest BCUT2D eigenvalue weighted by atomic mass is 9.99. The molecule has 3 rings (SSSR count). The van der Waals surface area contributed by atoms with E-state index in [1.165, 1.54) is 20.3 Å². The average molecular weight is 376 g/mol. The molecule has 0 aliphatic heterocycles. The van der Waals surface area contributed by atoms with Crippen LogP contribution in [0.4, 0.5) is 13.2 Å². The van der Waals surface area contributed by atoms with Crippen LogP contribution in [0.25, 0.3) is 22.2 Å². The van der Waals surface area contributed by atoms with E-state index in [1.54, 1.807) is 18.2 Å². The predicted molar refractivity (Wildman–Crippen MR) is 97.2 cm³/mol. The van der Waals surface area contributed by atoms with Crippen molar-refractivity contribution in [3.8, 4) is 22.8 Å². The molecule has 3 aromatic rings. The highest BCUT2D eigenvalue weighted by atomic mass is 19.4. The molecule has 7 heteroatoms. The summed E-state index contributed by atoms with van der Waals surface area (Å²) in [5.74, 6) is -0.173. The van der Waals surface area contributed by atoms with E-state index in [2.05, 4.69) is 9.97 Å². The summed E-state index contributed by atoms with van der Waals surface area (Å²) >= 11 is 0. The van der Waals surface area contributed by atoms with Crippen LogP contribution in [0.3, 0.4) is 0 Å². The summed E-state index contributed by atoms with van der Waals surface area (Å²) in [5, 5.41) is 0.456. The summed E-state index contributed by atoms with van der Waals surface area (Å²) in [6.45, 7) is 4.10. The van der Waals surface area contributed by atoms with Gasteiger partial charge in [0.15, 0.2) is 11.5 Å². The minimum absolute atomic E-state index is 0.137. The molecule has 0 fully saturated rings. The Morgan fingerprint density at radius 3 is 2.00 bits per heavy atom. The van der Waals surface area contributed by atoms with E-state index in [0.29, 0.717) is 28.4 Å². The molecule has 0 unspecified atom stereocenters. The van der Waals surface area contributed by atoms with Crippen LogP contribution in [0, 0.1) is 0 Å². The second-order valence-corrected chi connectivity index (χ2v) is 6.39.